The van der Waals surface area contributed by atoms with Crippen molar-refractivity contribution in [2.75, 3.05) is 12.8 Å². The number of hydrogen-bond donors (Lipinski definition) is 1. The van der Waals surface area contributed by atoms with E-state index in [4.69, 9.17) is 10.3 Å². The smallest absolute Gasteiger partial charge is 0.280 e. The lowest BCUT2D eigenvalue weighted by Crippen LogP contribution is -2.10. The van der Waals surface area contributed by atoms with E-state index in [0.29, 0.717) is 18.8 Å². The SMILES string of the molecule is CS(=O)(=O)Cc1noc(-c2cn(CCN)nn2)n1. The molecule has 0 saturated heterocycles. The molecule has 0 amide bonds. The zero-order valence-electron chi connectivity index (χ0n) is 9.65. The van der Waals surface area contributed by atoms with Crippen LogP contribution in [0.25, 0.3) is 11.6 Å². The second kappa shape index (κ2) is 4.82. The van der Waals surface area contributed by atoms with Gasteiger partial charge in [0.2, 0.25) is 0 Å². The van der Waals surface area contributed by atoms with Crippen molar-refractivity contribution in [3.05, 3.63) is 12.0 Å². The molecule has 9 nitrogen and oxygen atoms in total. The van der Waals surface area contributed by atoms with Crippen LogP contribution in [0.4, 0.5) is 0 Å². The fourth-order valence-corrected chi connectivity index (χ4v) is 1.88. The topological polar surface area (TPSA) is 130 Å². The molecule has 2 rings (SSSR count). The molecule has 0 aliphatic carbocycles. The number of sulfone groups is 1. The van der Waals surface area contributed by atoms with Gasteiger partial charge < -0.3 is 10.3 Å². The summed E-state index contributed by atoms with van der Waals surface area (Å²) in [5.74, 6) is -0.0363. The quantitative estimate of drug-likeness (QED) is 0.720. The van der Waals surface area contributed by atoms with E-state index in [0.717, 1.165) is 6.26 Å². The van der Waals surface area contributed by atoms with Crippen molar-refractivity contribution in [1.82, 2.24) is 25.1 Å². The maximum atomic E-state index is 11.1. The third-order valence-corrected chi connectivity index (χ3v) is 2.76. The molecule has 2 aromatic rings. The second-order valence-corrected chi connectivity index (χ2v) is 5.88. The third-order valence-electron chi connectivity index (χ3n) is 1.98. The van der Waals surface area contributed by atoms with Crippen molar-refractivity contribution >= 4 is 9.84 Å². The highest BCUT2D eigenvalue weighted by atomic mass is 32.2. The normalized spacial score (nSPS) is 11.9. The standard InChI is InChI=1S/C8H12N6O3S/c1-18(15,16)5-7-10-8(17-12-7)6-4-14(3-2-9)13-11-6/h4H,2-3,5,9H2,1H3. The maximum Gasteiger partial charge on any atom is 0.280 e. The molecule has 98 valence electrons. The number of nitrogens with two attached hydrogens (primary N) is 1. The molecular formula is C8H12N6O3S. The van der Waals surface area contributed by atoms with Gasteiger partial charge in [0.15, 0.2) is 21.4 Å². The lowest BCUT2D eigenvalue weighted by atomic mass is 10.5. The summed E-state index contributed by atoms with van der Waals surface area (Å²) in [7, 11) is -3.19. The number of rotatable bonds is 5. The van der Waals surface area contributed by atoms with Gasteiger partial charge in [-0.25, -0.2) is 8.42 Å². The van der Waals surface area contributed by atoms with Crippen LogP contribution in [0.15, 0.2) is 10.7 Å². The molecule has 0 radical (unpaired) electrons. The predicted molar refractivity (Wildman–Crippen MR) is 60.9 cm³/mol. The van der Waals surface area contributed by atoms with Gasteiger partial charge in [0, 0.05) is 12.8 Å². The Morgan fingerprint density at radius 2 is 2.28 bits per heavy atom. The highest BCUT2D eigenvalue weighted by Gasteiger charge is 2.15. The van der Waals surface area contributed by atoms with Crippen molar-refractivity contribution in [2.45, 2.75) is 12.3 Å². The monoisotopic (exact) mass is 272 g/mol. The Labute approximate surface area is 103 Å². The average molecular weight is 272 g/mol. The van der Waals surface area contributed by atoms with Crippen molar-refractivity contribution < 1.29 is 12.9 Å². The molecule has 0 unspecified atom stereocenters. The average Bonchev–Trinajstić information content (AvgIpc) is 2.85. The van der Waals surface area contributed by atoms with Crippen molar-refractivity contribution in [3.63, 3.8) is 0 Å². The van der Waals surface area contributed by atoms with E-state index in [9.17, 15) is 8.42 Å². The summed E-state index contributed by atoms with van der Waals surface area (Å²) in [6.07, 6.45) is 2.70. The maximum absolute atomic E-state index is 11.1. The van der Waals surface area contributed by atoms with Crippen molar-refractivity contribution in [1.29, 1.82) is 0 Å². The Morgan fingerprint density at radius 1 is 1.50 bits per heavy atom. The zero-order chi connectivity index (χ0) is 13.2. The van der Waals surface area contributed by atoms with Crippen LogP contribution in [0.5, 0.6) is 0 Å². The largest absolute Gasteiger partial charge is 0.332 e. The first-order valence-electron chi connectivity index (χ1n) is 5.09. The minimum Gasteiger partial charge on any atom is -0.332 e. The number of aromatic nitrogens is 5. The second-order valence-electron chi connectivity index (χ2n) is 3.74. The lowest BCUT2D eigenvalue weighted by molar-refractivity contribution is 0.423. The van der Waals surface area contributed by atoms with Crippen molar-refractivity contribution in [3.8, 4) is 11.6 Å². The van der Waals surface area contributed by atoms with E-state index in [1.54, 1.807) is 6.20 Å². The van der Waals surface area contributed by atoms with Crippen LogP contribution in [-0.2, 0) is 22.1 Å². The summed E-state index contributed by atoms with van der Waals surface area (Å²) in [5, 5.41) is 11.2. The summed E-state index contributed by atoms with van der Waals surface area (Å²) in [6, 6.07) is 0. The predicted octanol–water partition coefficient (Wildman–Crippen LogP) is -1.17. The van der Waals surface area contributed by atoms with Gasteiger partial charge in [-0.3, -0.25) is 4.68 Å². The van der Waals surface area contributed by atoms with E-state index < -0.39 is 9.84 Å². The summed E-state index contributed by atoms with van der Waals surface area (Å²) in [5.41, 5.74) is 5.76. The molecule has 0 bridgehead atoms. The van der Waals surface area contributed by atoms with Crippen LogP contribution in [0.2, 0.25) is 0 Å². The van der Waals surface area contributed by atoms with Crippen molar-refractivity contribution in [2.24, 2.45) is 5.73 Å². The van der Waals surface area contributed by atoms with Gasteiger partial charge in [-0.1, -0.05) is 10.4 Å². The van der Waals surface area contributed by atoms with Gasteiger partial charge in [-0.15, -0.1) is 5.10 Å². The molecule has 0 fully saturated rings. The fraction of sp³-hybridized carbons (Fsp3) is 0.500. The van der Waals surface area contributed by atoms with Crippen LogP contribution in [0, 0.1) is 0 Å². The Morgan fingerprint density at radius 3 is 2.94 bits per heavy atom. The molecule has 0 aliphatic heterocycles. The first-order chi connectivity index (χ1) is 8.48. The van der Waals surface area contributed by atoms with Crippen LogP contribution < -0.4 is 5.73 Å². The highest BCUT2D eigenvalue weighted by Crippen LogP contribution is 2.13. The van der Waals surface area contributed by atoms with Gasteiger partial charge in [0.05, 0.1) is 12.7 Å². The molecule has 0 saturated carbocycles. The molecule has 2 heterocycles. The summed E-state index contributed by atoms with van der Waals surface area (Å²) >= 11 is 0. The van der Waals surface area contributed by atoms with E-state index >= 15 is 0 Å². The van der Waals surface area contributed by atoms with Gasteiger partial charge in [-0.05, 0) is 0 Å². The first kappa shape index (κ1) is 12.6. The van der Waals surface area contributed by atoms with Gasteiger partial charge in [0.25, 0.3) is 5.89 Å². The number of hydrogen-bond acceptors (Lipinski definition) is 8. The number of nitrogens with zero attached hydrogens (tertiary/aromatic N) is 5. The molecule has 10 heteroatoms. The Kier molecular flexibility index (Phi) is 3.39. The summed E-state index contributed by atoms with van der Waals surface area (Å²) in [6.45, 7) is 0.962. The Bertz CT molecular complexity index is 631. The molecule has 18 heavy (non-hydrogen) atoms. The first-order valence-corrected chi connectivity index (χ1v) is 7.15. The molecule has 0 aliphatic rings. The van der Waals surface area contributed by atoms with Gasteiger partial charge in [-0.2, -0.15) is 4.98 Å². The van der Waals surface area contributed by atoms with E-state index in [1.165, 1.54) is 4.68 Å². The molecule has 2 aromatic heterocycles. The third kappa shape index (κ3) is 3.11. The zero-order valence-corrected chi connectivity index (χ0v) is 10.5. The van der Waals surface area contributed by atoms with Gasteiger partial charge in [0.1, 0.15) is 5.75 Å². The van der Waals surface area contributed by atoms with Crippen LogP contribution in [-0.4, -0.2) is 46.4 Å². The van der Waals surface area contributed by atoms with E-state index in [-0.39, 0.29) is 17.5 Å². The molecular weight excluding hydrogens is 260 g/mol. The lowest BCUT2D eigenvalue weighted by Gasteiger charge is -1.91. The highest BCUT2D eigenvalue weighted by molar-refractivity contribution is 7.89. The molecule has 0 atom stereocenters. The van der Waals surface area contributed by atoms with Crippen LogP contribution in [0.3, 0.4) is 0 Å². The van der Waals surface area contributed by atoms with E-state index in [2.05, 4.69) is 20.5 Å². The minimum atomic E-state index is -3.19. The van der Waals surface area contributed by atoms with Crippen LogP contribution in [0.1, 0.15) is 5.82 Å². The molecule has 0 aromatic carbocycles. The van der Waals surface area contributed by atoms with Gasteiger partial charge >= 0.3 is 0 Å². The Hall–Kier alpha value is -1.81. The van der Waals surface area contributed by atoms with E-state index in [1.807, 2.05) is 0 Å². The Balaban J connectivity index is 2.18. The summed E-state index contributed by atoms with van der Waals surface area (Å²) < 4.78 is 28.6. The minimum absolute atomic E-state index is 0.0980. The molecule has 2 N–H and O–H groups in total. The van der Waals surface area contributed by atoms with Crippen LogP contribution >= 0.6 is 0 Å². The summed E-state index contributed by atoms with van der Waals surface area (Å²) in [4.78, 5) is 3.94. The molecule has 0 spiro atoms. The fourth-order valence-electron chi connectivity index (χ4n) is 1.29.